The Balaban J connectivity index is 1.37. The maximum atomic E-state index is 13.0. The molecule has 0 spiro atoms. The van der Waals surface area contributed by atoms with Gasteiger partial charge in [0.25, 0.3) is 15.9 Å². The first kappa shape index (κ1) is 24.2. The number of morpholine rings is 1. The van der Waals surface area contributed by atoms with Crippen LogP contribution >= 0.6 is 0 Å². The Morgan fingerprint density at radius 1 is 0.882 bits per heavy atom. The van der Waals surface area contributed by atoms with Crippen LogP contribution < -0.4 is 4.31 Å². The number of likely N-dealkylation sites (tertiary alicyclic amines) is 1. The second-order valence-electron chi connectivity index (χ2n) is 8.84. The van der Waals surface area contributed by atoms with Gasteiger partial charge in [0.05, 0.1) is 23.8 Å². The summed E-state index contributed by atoms with van der Waals surface area (Å²) in [5.41, 5.74) is 1.97. The molecule has 8 nitrogen and oxygen atoms in total. The average Bonchev–Trinajstić information content (AvgIpc) is 2.88. The minimum atomic E-state index is -3.69. The van der Waals surface area contributed by atoms with Crippen LogP contribution in [0.1, 0.15) is 28.8 Å². The molecule has 0 saturated carbocycles. The zero-order valence-corrected chi connectivity index (χ0v) is 20.5. The first-order chi connectivity index (χ1) is 16.3. The number of ether oxygens (including phenoxy) is 1. The molecule has 2 saturated heterocycles. The lowest BCUT2D eigenvalue weighted by Crippen LogP contribution is -2.47. The minimum absolute atomic E-state index is 0.0508. The smallest absolute Gasteiger partial charge is 0.264 e. The summed E-state index contributed by atoms with van der Waals surface area (Å²) in [4.78, 5) is 29.6. The second kappa shape index (κ2) is 10.1. The molecule has 2 heterocycles. The van der Waals surface area contributed by atoms with Crippen molar-refractivity contribution in [3.63, 3.8) is 0 Å². The van der Waals surface area contributed by atoms with Crippen LogP contribution in [-0.4, -0.2) is 76.5 Å². The van der Waals surface area contributed by atoms with Crippen molar-refractivity contribution in [2.24, 2.45) is 5.92 Å². The van der Waals surface area contributed by atoms with Crippen molar-refractivity contribution in [1.29, 1.82) is 0 Å². The Morgan fingerprint density at radius 2 is 1.47 bits per heavy atom. The number of carbonyl (C=O) groups excluding carboxylic acids is 2. The van der Waals surface area contributed by atoms with Gasteiger partial charge in [-0.25, -0.2) is 8.42 Å². The Labute approximate surface area is 201 Å². The van der Waals surface area contributed by atoms with Gasteiger partial charge in [0, 0.05) is 44.7 Å². The van der Waals surface area contributed by atoms with Crippen molar-refractivity contribution in [2.75, 3.05) is 50.7 Å². The summed E-state index contributed by atoms with van der Waals surface area (Å²) >= 11 is 0. The average molecular weight is 486 g/mol. The molecule has 2 aromatic carbocycles. The SMILES string of the molecule is Cc1ccc(S(=O)(=O)N(C)c2ccc(C(=O)N3CCC(C(=O)N4CCOCC4)CC3)cc2)cc1. The third-order valence-electron chi connectivity index (χ3n) is 6.61. The quantitative estimate of drug-likeness (QED) is 0.650. The molecule has 182 valence electrons. The van der Waals surface area contributed by atoms with Crippen molar-refractivity contribution in [1.82, 2.24) is 9.80 Å². The molecule has 2 fully saturated rings. The molecule has 34 heavy (non-hydrogen) atoms. The molecule has 2 amide bonds. The van der Waals surface area contributed by atoms with Crippen LogP contribution in [-0.2, 0) is 19.6 Å². The Bertz CT molecular complexity index is 1120. The van der Waals surface area contributed by atoms with Crippen molar-refractivity contribution in [2.45, 2.75) is 24.7 Å². The molecule has 0 N–H and O–H groups in total. The van der Waals surface area contributed by atoms with E-state index in [0.29, 0.717) is 63.5 Å². The standard InChI is InChI=1S/C25H31N3O5S/c1-19-3-9-23(10-4-19)34(31,32)26(2)22-7-5-20(6-8-22)24(29)27-13-11-21(12-14-27)25(30)28-15-17-33-18-16-28/h3-10,21H,11-18H2,1-2H3. The summed E-state index contributed by atoms with van der Waals surface area (Å²) in [6.45, 7) is 5.41. The first-order valence-corrected chi connectivity index (χ1v) is 13.0. The van der Waals surface area contributed by atoms with Gasteiger partial charge in [-0.3, -0.25) is 13.9 Å². The molecule has 0 aromatic heterocycles. The maximum absolute atomic E-state index is 13.0. The predicted molar refractivity (Wildman–Crippen MR) is 129 cm³/mol. The molecule has 4 rings (SSSR count). The van der Waals surface area contributed by atoms with Gasteiger partial charge in [0.15, 0.2) is 0 Å². The number of amides is 2. The maximum Gasteiger partial charge on any atom is 0.264 e. The van der Waals surface area contributed by atoms with E-state index in [1.165, 1.54) is 11.4 Å². The van der Waals surface area contributed by atoms with Crippen LogP contribution in [0.25, 0.3) is 0 Å². The summed E-state index contributed by atoms with van der Waals surface area (Å²) in [6, 6.07) is 13.3. The number of hydrogen-bond acceptors (Lipinski definition) is 5. The molecular weight excluding hydrogens is 454 g/mol. The van der Waals surface area contributed by atoms with Crippen LogP contribution in [0, 0.1) is 12.8 Å². The summed E-state index contributed by atoms with van der Waals surface area (Å²) in [6.07, 6.45) is 1.30. The monoisotopic (exact) mass is 485 g/mol. The van der Waals surface area contributed by atoms with E-state index in [0.717, 1.165) is 5.56 Å². The topological polar surface area (TPSA) is 87.2 Å². The number of carbonyl (C=O) groups is 2. The van der Waals surface area contributed by atoms with Gasteiger partial charge in [0.1, 0.15) is 0 Å². The molecule has 0 aliphatic carbocycles. The van der Waals surface area contributed by atoms with Gasteiger partial charge in [-0.1, -0.05) is 17.7 Å². The van der Waals surface area contributed by atoms with Crippen LogP contribution in [0.15, 0.2) is 53.4 Å². The molecule has 0 bridgehead atoms. The van der Waals surface area contributed by atoms with E-state index in [-0.39, 0.29) is 22.6 Å². The summed E-state index contributed by atoms with van der Waals surface area (Å²) in [7, 11) is -2.19. The van der Waals surface area contributed by atoms with E-state index in [9.17, 15) is 18.0 Å². The summed E-state index contributed by atoms with van der Waals surface area (Å²) in [5, 5.41) is 0. The number of rotatable bonds is 5. The molecule has 9 heteroatoms. The predicted octanol–water partition coefficient (Wildman–Crippen LogP) is 2.53. The van der Waals surface area contributed by atoms with E-state index >= 15 is 0 Å². The van der Waals surface area contributed by atoms with Crippen LogP contribution in [0.4, 0.5) is 5.69 Å². The largest absolute Gasteiger partial charge is 0.378 e. The molecule has 0 atom stereocenters. The highest BCUT2D eigenvalue weighted by molar-refractivity contribution is 7.92. The van der Waals surface area contributed by atoms with Gasteiger partial charge in [0.2, 0.25) is 5.91 Å². The molecule has 0 radical (unpaired) electrons. The summed E-state index contributed by atoms with van der Waals surface area (Å²) in [5.74, 6) is 0.00981. The third kappa shape index (κ3) is 5.10. The number of aryl methyl sites for hydroxylation is 1. The fraction of sp³-hybridized carbons (Fsp3) is 0.440. The normalized spacial score (nSPS) is 17.5. The highest BCUT2D eigenvalue weighted by Gasteiger charge is 2.31. The Morgan fingerprint density at radius 3 is 2.06 bits per heavy atom. The van der Waals surface area contributed by atoms with Crippen molar-refractivity contribution < 1.29 is 22.7 Å². The van der Waals surface area contributed by atoms with E-state index < -0.39 is 10.0 Å². The molecular formula is C25H31N3O5S. The van der Waals surface area contributed by atoms with E-state index in [1.807, 2.05) is 11.8 Å². The van der Waals surface area contributed by atoms with Gasteiger partial charge >= 0.3 is 0 Å². The van der Waals surface area contributed by atoms with Gasteiger partial charge in [-0.15, -0.1) is 0 Å². The highest BCUT2D eigenvalue weighted by Crippen LogP contribution is 2.25. The van der Waals surface area contributed by atoms with E-state index in [1.54, 1.807) is 53.4 Å². The fourth-order valence-corrected chi connectivity index (χ4v) is 5.57. The lowest BCUT2D eigenvalue weighted by Gasteiger charge is -2.35. The zero-order valence-electron chi connectivity index (χ0n) is 19.6. The number of piperidine rings is 1. The Hall–Kier alpha value is -2.91. The second-order valence-corrected chi connectivity index (χ2v) is 10.8. The highest BCUT2D eigenvalue weighted by atomic mass is 32.2. The van der Waals surface area contributed by atoms with Gasteiger partial charge in [-0.05, 0) is 56.2 Å². The molecule has 2 aliphatic rings. The number of hydrogen-bond donors (Lipinski definition) is 0. The molecule has 2 aliphatic heterocycles. The summed E-state index contributed by atoms with van der Waals surface area (Å²) < 4.78 is 32.4. The van der Waals surface area contributed by atoms with Crippen LogP contribution in [0.3, 0.4) is 0 Å². The van der Waals surface area contributed by atoms with Crippen molar-refractivity contribution in [3.05, 3.63) is 59.7 Å². The van der Waals surface area contributed by atoms with Crippen LogP contribution in [0.5, 0.6) is 0 Å². The molecule has 0 unspecified atom stereocenters. The lowest BCUT2D eigenvalue weighted by atomic mass is 9.94. The lowest BCUT2D eigenvalue weighted by molar-refractivity contribution is -0.141. The van der Waals surface area contributed by atoms with E-state index in [4.69, 9.17) is 4.74 Å². The number of sulfonamides is 1. The van der Waals surface area contributed by atoms with Gasteiger partial charge in [-0.2, -0.15) is 0 Å². The number of anilines is 1. The van der Waals surface area contributed by atoms with Crippen LogP contribution in [0.2, 0.25) is 0 Å². The van der Waals surface area contributed by atoms with Gasteiger partial charge < -0.3 is 14.5 Å². The zero-order chi connectivity index (χ0) is 24.3. The minimum Gasteiger partial charge on any atom is -0.378 e. The number of nitrogens with zero attached hydrogens (tertiary/aromatic N) is 3. The van der Waals surface area contributed by atoms with Crippen molar-refractivity contribution >= 4 is 27.5 Å². The Kier molecular flexibility index (Phi) is 7.23. The first-order valence-electron chi connectivity index (χ1n) is 11.6. The number of benzene rings is 2. The third-order valence-corrected chi connectivity index (χ3v) is 8.41. The molecule has 2 aromatic rings. The van der Waals surface area contributed by atoms with Crippen molar-refractivity contribution in [3.8, 4) is 0 Å². The van der Waals surface area contributed by atoms with E-state index in [2.05, 4.69) is 0 Å². The fourth-order valence-electron chi connectivity index (χ4n) is 4.38.